The molecule has 0 aliphatic carbocycles. The zero-order valence-electron chi connectivity index (χ0n) is 11.7. The molecule has 3 unspecified atom stereocenters. The second-order valence-electron chi connectivity index (χ2n) is 5.26. The summed E-state index contributed by atoms with van der Waals surface area (Å²) in [6.45, 7) is 8.34. The molecule has 1 aliphatic heterocycles. The summed E-state index contributed by atoms with van der Waals surface area (Å²) < 4.78 is 8.27. The topological polar surface area (TPSA) is 21.3 Å². The van der Waals surface area contributed by atoms with Gasteiger partial charge in [-0.2, -0.15) is 0 Å². The molecule has 1 heterocycles. The van der Waals surface area contributed by atoms with Gasteiger partial charge in [-0.1, -0.05) is 45.7 Å². The lowest BCUT2D eigenvalue weighted by Gasteiger charge is -2.28. The van der Waals surface area contributed by atoms with Gasteiger partial charge in [0.1, 0.15) is 0 Å². The fourth-order valence-corrected chi connectivity index (χ4v) is 3.73. The van der Waals surface area contributed by atoms with Gasteiger partial charge in [0.25, 0.3) is 0 Å². The lowest BCUT2D eigenvalue weighted by atomic mass is 9.92. The van der Waals surface area contributed by atoms with E-state index in [2.05, 4.69) is 70.1 Å². The van der Waals surface area contributed by atoms with Gasteiger partial charge in [-0.05, 0) is 49.1 Å². The molecule has 2 rings (SSSR count). The summed E-state index contributed by atoms with van der Waals surface area (Å²) in [6, 6.07) is 4.62. The normalized spacial score (nSPS) is 24.7. The van der Waals surface area contributed by atoms with Crippen molar-refractivity contribution in [1.82, 2.24) is 5.32 Å². The Balaban J connectivity index is 2.35. The van der Waals surface area contributed by atoms with Crippen LogP contribution in [0.15, 0.2) is 21.1 Å². The minimum atomic E-state index is 0.244. The first-order valence-electron chi connectivity index (χ1n) is 6.85. The maximum absolute atomic E-state index is 5.96. The molecule has 0 amide bonds. The molecule has 2 nitrogen and oxygen atoms in total. The minimum Gasteiger partial charge on any atom is -0.376 e. The summed E-state index contributed by atoms with van der Waals surface area (Å²) in [6.07, 6.45) is 1.41. The molecular weight excluding hydrogens is 370 g/mol. The Morgan fingerprint density at radius 1 is 1.37 bits per heavy atom. The van der Waals surface area contributed by atoms with Crippen LogP contribution >= 0.6 is 31.9 Å². The average molecular weight is 391 g/mol. The quantitative estimate of drug-likeness (QED) is 0.811. The lowest BCUT2D eigenvalue weighted by Crippen LogP contribution is -2.35. The van der Waals surface area contributed by atoms with Crippen LogP contribution in [0.2, 0.25) is 0 Å². The van der Waals surface area contributed by atoms with E-state index < -0.39 is 0 Å². The molecule has 1 fully saturated rings. The number of aryl methyl sites for hydroxylation is 1. The molecule has 0 bridgehead atoms. The molecule has 0 aromatic heterocycles. The summed E-state index contributed by atoms with van der Waals surface area (Å²) >= 11 is 7.34. The first kappa shape index (κ1) is 15.5. The summed E-state index contributed by atoms with van der Waals surface area (Å²) in [5.41, 5.74) is 2.52. The van der Waals surface area contributed by atoms with Crippen molar-refractivity contribution in [2.45, 2.75) is 39.3 Å². The van der Waals surface area contributed by atoms with E-state index >= 15 is 0 Å². The maximum Gasteiger partial charge on any atom is 0.0796 e. The molecule has 0 saturated carbocycles. The second kappa shape index (κ2) is 6.70. The van der Waals surface area contributed by atoms with Crippen LogP contribution in [0.25, 0.3) is 0 Å². The van der Waals surface area contributed by atoms with Crippen LogP contribution in [0, 0.1) is 12.8 Å². The third kappa shape index (κ3) is 3.41. The highest BCUT2D eigenvalue weighted by molar-refractivity contribution is 9.11. The van der Waals surface area contributed by atoms with E-state index in [4.69, 9.17) is 4.74 Å². The van der Waals surface area contributed by atoms with Crippen LogP contribution < -0.4 is 5.32 Å². The fourth-order valence-electron chi connectivity index (χ4n) is 2.67. The number of halogens is 2. The smallest absolute Gasteiger partial charge is 0.0796 e. The highest BCUT2D eigenvalue weighted by Crippen LogP contribution is 2.36. The Kier molecular flexibility index (Phi) is 5.46. The Morgan fingerprint density at radius 2 is 2.11 bits per heavy atom. The summed E-state index contributed by atoms with van der Waals surface area (Å²) in [5, 5.41) is 3.58. The predicted molar refractivity (Wildman–Crippen MR) is 86.5 cm³/mol. The third-order valence-corrected chi connectivity index (χ3v) is 5.35. The van der Waals surface area contributed by atoms with Crippen LogP contribution in [0.4, 0.5) is 0 Å². The number of ether oxygens (including phenoxy) is 1. The monoisotopic (exact) mass is 389 g/mol. The standard InChI is InChI=1S/C15H21Br2NO/c1-4-18-14(15-9(2)5-6-19-15)11-8-12(16)10(3)7-13(11)17/h7-9,14-15,18H,4-6H2,1-3H3. The van der Waals surface area contributed by atoms with Crippen LogP contribution in [-0.4, -0.2) is 19.3 Å². The van der Waals surface area contributed by atoms with Gasteiger partial charge in [0, 0.05) is 15.6 Å². The van der Waals surface area contributed by atoms with Crippen LogP contribution in [0.1, 0.15) is 37.4 Å². The molecule has 1 aliphatic rings. The van der Waals surface area contributed by atoms with Gasteiger partial charge in [-0.25, -0.2) is 0 Å². The molecule has 1 aromatic carbocycles. The molecule has 0 radical (unpaired) electrons. The second-order valence-corrected chi connectivity index (χ2v) is 6.97. The lowest BCUT2D eigenvalue weighted by molar-refractivity contribution is 0.0610. The Hall–Kier alpha value is 0.1000. The molecule has 4 heteroatoms. The van der Waals surface area contributed by atoms with Crippen LogP contribution in [0.5, 0.6) is 0 Å². The summed E-state index contributed by atoms with van der Waals surface area (Å²) in [7, 11) is 0. The number of rotatable bonds is 4. The van der Waals surface area contributed by atoms with E-state index in [1.54, 1.807) is 0 Å². The molecular formula is C15H21Br2NO. The predicted octanol–water partition coefficient (Wildman–Crippen LogP) is 4.60. The van der Waals surface area contributed by atoms with Crippen molar-refractivity contribution in [2.75, 3.05) is 13.2 Å². The molecule has 19 heavy (non-hydrogen) atoms. The van der Waals surface area contributed by atoms with Gasteiger partial charge in [0.05, 0.1) is 12.1 Å². The van der Waals surface area contributed by atoms with E-state index in [1.807, 2.05) is 0 Å². The molecule has 1 N–H and O–H groups in total. The SMILES string of the molecule is CCNC(c1cc(Br)c(C)cc1Br)C1OCCC1C. The van der Waals surface area contributed by atoms with Crippen molar-refractivity contribution in [3.05, 3.63) is 32.2 Å². The molecule has 106 valence electrons. The van der Waals surface area contributed by atoms with E-state index in [-0.39, 0.29) is 12.1 Å². The fraction of sp³-hybridized carbons (Fsp3) is 0.600. The van der Waals surface area contributed by atoms with E-state index in [9.17, 15) is 0 Å². The van der Waals surface area contributed by atoms with Crippen molar-refractivity contribution >= 4 is 31.9 Å². The van der Waals surface area contributed by atoms with Gasteiger partial charge in [0.15, 0.2) is 0 Å². The highest BCUT2D eigenvalue weighted by Gasteiger charge is 2.33. The third-order valence-electron chi connectivity index (χ3n) is 3.81. The number of likely N-dealkylation sites (N-methyl/N-ethyl adjacent to an activating group) is 1. The number of hydrogen-bond acceptors (Lipinski definition) is 2. The minimum absolute atomic E-state index is 0.244. The number of nitrogens with one attached hydrogen (secondary N) is 1. The van der Waals surface area contributed by atoms with E-state index in [0.717, 1.165) is 28.5 Å². The zero-order chi connectivity index (χ0) is 14.0. The Labute approximate surface area is 132 Å². The van der Waals surface area contributed by atoms with E-state index in [0.29, 0.717) is 5.92 Å². The van der Waals surface area contributed by atoms with Crippen molar-refractivity contribution in [3.8, 4) is 0 Å². The van der Waals surface area contributed by atoms with Crippen LogP contribution in [0.3, 0.4) is 0 Å². The first-order valence-corrected chi connectivity index (χ1v) is 8.43. The van der Waals surface area contributed by atoms with Gasteiger partial charge in [-0.15, -0.1) is 0 Å². The first-order chi connectivity index (χ1) is 9.04. The summed E-state index contributed by atoms with van der Waals surface area (Å²) in [4.78, 5) is 0. The largest absolute Gasteiger partial charge is 0.376 e. The van der Waals surface area contributed by atoms with Crippen LogP contribution in [-0.2, 0) is 4.74 Å². The number of hydrogen-bond donors (Lipinski definition) is 1. The molecule has 1 saturated heterocycles. The Bertz CT molecular complexity index is 450. The van der Waals surface area contributed by atoms with Gasteiger partial charge in [-0.3, -0.25) is 0 Å². The van der Waals surface area contributed by atoms with Crippen molar-refractivity contribution in [3.63, 3.8) is 0 Å². The average Bonchev–Trinajstić information content (AvgIpc) is 2.77. The zero-order valence-corrected chi connectivity index (χ0v) is 14.8. The number of benzene rings is 1. The molecule has 0 spiro atoms. The summed E-state index contributed by atoms with van der Waals surface area (Å²) in [5.74, 6) is 0.594. The van der Waals surface area contributed by atoms with Crippen molar-refractivity contribution < 1.29 is 4.74 Å². The van der Waals surface area contributed by atoms with Crippen molar-refractivity contribution in [2.24, 2.45) is 5.92 Å². The van der Waals surface area contributed by atoms with E-state index in [1.165, 1.54) is 11.1 Å². The maximum atomic E-state index is 5.96. The molecule has 1 aromatic rings. The van der Waals surface area contributed by atoms with Crippen molar-refractivity contribution in [1.29, 1.82) is 0 Å². The highest BCUT2D eigenvalue weighted by atomic mass is 79.9. The van der Waals surface area contributed by atoms with Gasteiger partial charge >= 0.3 is 0 Å². The van der Waals surface area contributed by atoms with Gasteiger partial charge in [0.2, 0.25) is 0 Å². The Morgan fingerprint density at radius 3 is 2.68 bits per heavy atom. The van der Waals surface area contributed by atoms with Gasteiger partial charge < -0.3 is 10.1 Å². The molecule has 3 atom stereocenters.